The predicted molar refractivity (Wildman–Crippen MR) is 173 cm³/mol. The van der Waals surface area contributed by atoms with E-state index in [2.05, 4.69) is 73.0 Å². The molecular formula is C31H59NO8Si2. The summed E-state index contributed by atoms with van der Waals surface area (Å²) in [5.41, 5.74) is -0.800. The molecule has 0 aliphatic carbocycles. The zero-order valence-corrected chi connectivity index (χ0v) is 31.1. The molecule has 42 heavy (non-hydrogen) atoms. The Hall–Kier alpha value is -1.96. The lowest BCUT2D eigenvalue weighted by molar-refractivity contribution is -0.161. The molecule has 0 saturated carbocycles. The number of ether oxygens (including phenoxy) is 3. The molecule has 0 radical (unpaired) electrons. The predicted octanol–water partition coefficient (Wildman–Crippen LogP) is 7.29. The van der Waals surface area contributed by atoms with Crippen LogP contribution in [0, 0.1) is 0 Å². The van der Waals surface area contributed by atoms with Gasteiger partial charge in [0.2, 0.25) is 0 Å². The number of rotatable bonds is 13. The van der Waals surface area contributed by atoms with Gasteiger partial charge in [-0.05, 0) is 70.0 Å². The van der Waals surface area contributed by atoms with Crippen molar-refractivity contribution in [2.24, 2.45) is 0 Å². The standard InChI is InChI=1S/C31H59NO8Si2/c1-17-18-19-20-24(37-22(2)33)26(32-28(35)39-29(4,5)6)27(38-23(3)34)25(40-42(15,16)31(10,11)12)21-36-41(13,14)30(7,8)9/h17-20,24-27H,21H2,1-16H3,(H,32,35)/b18-17+,20-19+/t24-,25+,26+,27+/m0/s1. The van der Waals surface area contributed by atoms with Gasteiger partial charge in [0.05, 0.1) is 6.61 Å². The van der Waals surface area contributed by atoms with Crippen LogP contribution in [-0.4, -0.2) is 71.2 Å². The molecule has 0 spiro atoms. The summed E-state index contributed by atoms with van der Waals surface area (Å²) in [7, 11) is -4.76. The minimum absolute atomic E-state index is 0.0882. The maximum atomic E-state index is 13.2. The van der Waals surface area contributed by atoms with E-state index in [4.69, 9.17) is 23.1 Å². The molecule has 1 N–H and O–H groups in total. The van der Waals surface area contributed by atoms with E-state index in [1.807, 2.05) is 13.0 Å². The third kappa shape index (κ3) is 14.0. The van der Waals surface area contributed by atoms with Crippen LogP contribution in [0.5, 0.6) is 0 Å². The number of amides is 1. The highest BCUT2D eigenvalue weighted by molar-refractivity contribution is 6.74. The second-order valence-corrected chi connectivity index (χ2v) is 24.3. The first-order valence-electron chi connectivity index (χ1n) is 14.7. The highest BCUT2D eigenvalue weighted by Gasteiger charge is 2.47. The first-order valence-corrected chi connectivity index (χ1v) is 20.5. The van der Waals surface area contributed by atoms with E-state index in [0.717, 1.165) is 0 Å². The Morgan fingerprint density at radius 1 is 0.786 bits per heavy atom. The molecule has 0 aromatic carbocycles. The maximum absolute atomic E-state index is 13.2. The van der Waals surface area contributed by atoms with Gasteiger partial charge >= 0.3 is 18.0 Å². The molecule has 244 valence electrons. The fourth-order valence-electron chi connectivity index (χ4n) is 3.33. The average molecular weight is 630 g/mol. The largest absolute Gasteiger partial charge is 0.457 e. The van der Waals surface area contributed by atoms with Gasteiger partial charge in [-0.1, -0.05) is 59.8 Å². The Kier molecular flexibility index (Phi) is 14.9. The highest BCUT2D eigenvalue weighted by atomic mass is 28.4. The third-order valence-corrected chi connectivity index (χ3v) is 16.6. The van der Waals surface area contributed by atoms with Crippen molar-refractivity contribution >= 4 is 34.7 Å². The number of nitrogens with one attached hydrogen (secondary N) is 1. The number of hydrogen-bond acceptors (Lipinski definition) is 8. The molecule has 0 aliphatic heterocycles. The second-order valence-electron chi connectivity index (χ2n) is 14.7. The van der Waals surface area contributed by atoms with Gasteiger partial charge in [-0.15, -0.1) is 0 Å². The lowest BCUT2D eigenvalue weighted by atomic mass is 9.99. The summed E-state index contributed by atoms with van der Waals surface area (Å²) >= 11 is 0. The van der Waals surface area contributed by atoms with E-state index in [0.29, 0.717) is 0 Å². The summed E-state index contributed by atoms with van der Waals surface area (Å²) in [4.78, 5) is 38.1. The second kappa shape index (κ2) is 15.7. The molecule has 0 aromatic heterocycles. The smallest absolute Gasteiger partial charge is 0.408 e. The minimum atomic E-state index is -2.48. The van der Waals surface area contributed by atoms with Crippen molar-refractivity contribution in [2.45, 2.75) is 149 Å². The SMILES string of the molecule is C/C=C/C=C/[C@H](OC(C)=O)[C@@H](NC(=O)OC(C)(C)C)[C@H](OC(C)=O)[C@@H](CO[Si](C)(C)C(C)(C)C)O[Si](C)(C)C(C)(C)C. The Morgan fingerprint density at radius 2 is 1.29 bits per heavy atom. The number of hydrogen-bond donors (Lipinski definition) is 1. The topological polar surface area (TPSA) is 109 Å². The lowest BCUT2D eigenvalue weighted by Crippen LogP contribution is -2.61. The van der Waals surface area contributed by atoms with Crippen molar-refractivity contribution in [3.8, 4) is 0 Å². The summed E-state index contributed by atoms with van der Waals surface area (Å²) in [5.74, 6) is -1.15. The van der Waals surface area contributed by atoms with Gasteiger partial charge in [-0.25, -0.2) is 4.79 Å². The zero-order chi connectivity index (χ0) is 33.3. The van der Waals surface area contributed by atoms with Crippen LogP contribution in [0.15, 0.2) is 24.3 Å². The van der Waals surface area contributed by atoms with Gasteiger partial charge in [0.15, 0.2) is 22.7 Å². The molecule has 0 fully saturated rings. The first-order chi connectivity index (χ1) is 18.7. The minimum Gasteiger partial charge on any atom is -0.457 e. The fourth-order valence-corrected chi connectivity index (χ4v) is 5.66. The first kappa shape index (κ1) is 40.0. The van der Waals surface area contributed by atoms with E-state index >= 15 is 0 Å². The highest BCUT2D eigenvalue weighted by Crippen LogP contribution is 2.40. The molecule has 0 unspecified atom stereocenters. The molecule has 0 rings (SSSR count). The molecule has 1 amide bonds. The van der Waals surface area contributed by atoms with Gasteiger partial charge in [-0.3, -0.25) is 9.59 Å². The Morgan fingerprint density at radius 3 is 1.69 bits per heavy atom. The molecular weight excluding hydrogens is 571 g/mol. The molecule has 0 aromatic rings. The van der Waals surface area contributed by atoms with Crippen LogP contribution in [0.4, 0.5) is 4.79 Å². The van der Waals surface area contributed by atoms with E-state index < -0.39 is 64.6 Å². The van der Waals surface area contributed by atoms with Crippen molar-refractivity contribution in [3.63, 3.8) is 0 Å². The molecule has 0 heterocycles. The quantitative estimate of drug-likeness (QED) is 0.0979. The molecule has 0 saturated heterocycles. The molecule has 9 nitrogen and oxygen atoms in total. The monoisotopic (exact) mass is 629 g/mol. The van der Waals surface area contributed by atoms with Crippen molar-refractivity contribution in [1.29, 1.82) is 0 Å². The van der Waals surface area contributed by atoms with Crippen LogP contribution in [-0.2, 0) is 32.7 Å². The normalized spacial score (nSPS) is 16.6. The average Bonchev–Trinajstić information content (AvgIpc) is 2.75. The zero-order valence-electron chi connectivity index (χ0n) is 29.1. The number of allylic oxidation sites excluding steroid dienone is 3. The molecule has 0 bridgehead atoms. The van der Waals surface area contributed by atoms with Crippen LogP contribution in [0.1, 0.15) is 83.1 Å². The van der Waals surface area contributed by atoms with Gasteiger partial charge in [0.25, 0.3) is 0 Å². The summed E-state index contributed by atoms with van der Waals surface area (Å²) in [5, 5.41) is 2.57. The summed E-state index contributed by atoms with van der Waals surface area (Å²) in [6, 6.07) is -1.06. The van der Waals surface area contributed by atoms with Crippen LogP contribution >= 0.6 is 0 Å². The van der Waals surface area contributed by atoms with Crippen molar-refractivity contribution in [2.75, 3.05) is 6.61 Å². The van der Waals surface area contributed by atoms with Crippen LogP contribution in [0.2, 0.25) is 36.3 Å². The van der Waals surface area contributed by atoms with E-state index in [9.17, 15) is 14.4 Å². The summed E-state index contributed by atoms with van der Waals surface area (Å²) < 4.78 is 30.8. The van der Waals surface area contributed by atoms with E-state index in [1.54, 1.807) is 39.0 Å². The summed E-state index contributed by atoms with van der Waals surface area (Å²) in [6.45, 7) is 31.0. The van der Waals surface area contributed by atoms with Gasteiger partial charge in [-0.2, -0.15) is 0 Å². The van der Waals surface area contributed by atoms with Crippen LogP contribution in [0.3, 0.4) is 0 Å². The van der Waals surface area contributed by atoms with Gasteiger partial charge in [0, 0.05) is 13.8 Å². The Balaban J connectivity index is 7.23. The van der Waals surface area contributed by atoms with Gasteiger partial charge in [0.1, 0.15) is 23.9 Å². The summed E-state index contributed by atoms with van der Waals surface area (Å²) in [6.07, 6.45) is 3.27. The molecule has 11 heteroatoms. The third-order valence-electron chi connectivity index (χ3n) is 7.63. The number of carbonyl (C=O) groups is 3. The lowest BCUT2D eigenvalue weighted by Gasteiger charge is -2.45. The van der Waals surface area contributed by atoms with E-state index in [-0.39, 0.29) is 16.7 Å². The molecule has 4 atom stereocenters. The number of alkyl carbamates (subject to hydrolysis) is 1. The van der Waals surface area contributed by atoms with E-state index in [1.165, 1.54) is 13.8 Å². The van der Waals surface area contributed by atoms with Gasteiger partial charge < -0.3 is 28.4 Å². The van der Waals surface area contributed by atoms with Crippen LogP contribution < -0.4 is 5.32 Å². The molecule has 0 aliphatic rings. The van der Waals surface area contributed by atoms with Crippen LogP contribution in [0.25, 0.3) is 0 Å². The number of esters is 2. The fraction of sp³-hybridized carbons (Fsp3) is 0.774. The Labute approximate surface area is 257 Å². The van der Waals surface area contributed by atoms with Crippen molar-refractivity contribution in [3.05, 3.63) is 24.3 Å². The Bertz CT molecular complexity index is 955. The number of carbonyl (C=O) groups excluding carboxylic acids is 3. The van der Waals surface area contributed by atoms with Crippen molar-refractivity contribution in [1.82, 2.24) is 5.32 Å². The maximum Gasteiger partial charge on any atom is 0.408 e. The van der Waals surface area contributed by atoms with Crippen molar-refractivity contribution < 1.29 is 37.4 Å².